The van der Waals surface area contributed by atoms with Crippen LogP contribution in [0.5, 0.6) is 0 Å². The third-order valence-electron chi connectivity index (χ3n) is 3.81. The number of carbonyl (C=O) groups is 1. The van der Waals surface area contributed by atoms with Crippen LogP contribution in [0.4, 0.5) is 16.4 Å². The molecule has 0 aliphatic carbocycles. The SMILES string of the molecule is COC(=O)Nc1nc2ccc(S(=O)(=O)Nc3cc(C)ccc3C)cc2[nH]1. The van der Waals surface area contributed by atoms with Crippen LogP contribution in [0.25, 0.3) is 11.0 Å². The van der Waals surface area contributed by atoms with E-state index in [0.717, 1.165) is 11.1 Å². The largest absolute Gasteiger partial charge is 0.453 e. The van der Waals surface area contributed by atoms with Crippen molar-refractivity contribution in [2.45, 2.75) is 18.7 Å². The molecule has 0 saturated carbocycles. The molecule has 3 aromatic rings. The third kappa shape index (κ3) is 3.62. The number of ether oxygens (including phenoxy) is 1. The molecule has 0 fully saturated rings. The number of sulfonamides is 1. The van der Waals surface area contributed by atoms with Gasteiger partial charge in [0.15, 0.2) is 0 Å². The summed E-state index contributed by atoms with van der Waals surface area (Å²) >= 11 is 0. The van der Waals surface area contributed by atoms with Gasteiger partial charge in [-0.2, -0.15) is 0 Å². The summed E-state index contributed by atoms with van der Waals surface area (Å²) in [5, 5.41) is 2.40. The lowest BCUT2D eigenvalue weighted by Gasteiger charge is -2.11. The summed E-state index contributed by atoms with van der Waals surface area (Å²) in [4.78, 5) is 18.3. The maximum atomic E-state index is 12.7. The fourth-order valence-corrected chi connectivity index (χ4v) is 3.56. The number of H-pyrrole nitrogens is 1. The molecular weight excluding hydrogens is 356 g/mol. The molecule has 0 radical (unpaired) electrons. The number of fused-ring (bicyclic) bond motifs is 1. The zero-order valence-corrected chi connectivity index (χ0v) is 15.3. The second kappa shape index (κ2) is 6.68. The summed E-state index contributed by atoms with van der Waals surface area (Å²) in [6.45, 7) is 3.73. The molecule has 0 bridgehead atoms. The number of anilines is 2. The minimum Gasteiger partial charge on any atom is -0.453 e. The summed E-state index contributed by atoms with van der Waals surface area (Å²) in [6, 6.07) is 10.0. The molecule has 0 unspecified atom stereocenters. The van der Waals surface area contributed by atoms with Crippen molar-refractivity contribution in [3.05, 3.63) is 47.5 Å². The highest BCUT2D eigenvalue weighted by molar-refractivity contribution is 7.92. The second-order valence-corrected chi connectivity index (χ2v) is 7.49. The molecule has 0 aliphatic rings. The molecule has 9 heteroatoms. The Kier molecular flexibility index (Phi) is 4.56. The average molecular weight is 374 g/mol. The molecule has 0 aliphatic heterocycles. The lowest BCUT2D eigenvalue weighted by atomic mass is 10.1. The van der Waals surface area contributed by atoms with Crippen molar-refractivity contribution in [2.24, 2.45) is 0 Å². The number of methoxy groups -OCH3 is 1. The number of carbonyl (C=O) groups excluding carboxylic acids is 1. The van der Waals surface area contributed by atoms with Gasteiger partial charge < -0.3 is 9.72 Å². The summed E-state index contributed by atoms with van der Waals surface area (Å²) in [5.41, 5.74) is 3.30. The van der Waals surface area contributed by atoms with Gasteiger partial charge in [-0.1, -0.05) is 12.1 Å². The van der Waals surface area contributed by atoms with E-state index in [1.165, 1.54) is 19.2 Å². The number of nitrogens with zero attached hydrogens (tertiary/aromatic N) is 1. The van der Waals surface area contributed by atoms with Crippen LogP contribution in [0.1, 0.15) is 11.1 Å². The van der Waals surface area contributed by atoms with Gasteiger partial charge >= 0.3 is 6.09 Å². The van der Waals surface area contributed by atoms with Crippen LogP contribution in [0.15, 0.2) is 41.3 Å². The molecule has 0 atom stereocenters. The van der Waals surface area contributed by atoms with Crippen molar-refractivity contribution in [1.82, 2.24) is 9.97 Å². The molecule has 8 nitrogen and oxygen atoms in total. The van der Waals surface area contributed by atoms with Gasteiger partial charge in [-0.05, 0) is 49.2 Å². The van der Waals surface area contributed by atoms with Crippen molar-refractivity contribution in [3.8, 4) is 0 Å². The Morgan fingerprint density at radius 2 is 1.92 bits per heavy atom. The van der Waals surface area contributed by atoms with Crippen molar-refractivity contribution in [2.75, 3.05) is 17.1 Å². The van der Waals surface area contributed by atoms with E-state index in [-0.39, 0.29) is 10.8 Å². The van der Waals surface area contributed by atoms with Crippen LogP contribution in [0, 0.1) is 13.8 Å². The molecule has 1 amide bonds. The quantitative estimate of drug-likeness (QED) is 0.649. The second-order valence-electron chi connectivity index (χ2n) is 5.80. The number of nitrogens with one attached hydrogen (secondary N) is 3. The molecule has 3 rings (SSSR count). The van der Waals surface area contributed by atoms with Gasteiger partial charge in [0.05, 0.1) is 28.7 Å². The molecule has 3 N–H and O–H groups in total. The number of amides is 1. The maximum Gasteiger partial charge on any atom is 0.413 e. The van der Waals surface area contributed by atoms with Crippen molar-refractivity contribution >= 4 is 38.8 Å². The number of aromatic nitrogens is 2. The first-order valence-electron chi connectivity index (χ1n) is 7.73. The topological polar surface area (TPSA) is 113 Å². The van der Waals surface area contributed by atoms with Gasteiger partial charge in [-0.15, -0.1) is 0 Å². The third-order valence-corrected chi connectivity index (χ3v) is 5.17. The van der Waals surface area contributed by atoms with Crippen molar-refractivity contribution in [3.63, 3.8) is 0 Å². The minimum absolute atomic E-state index is 0.0826. The smallest absolute Gasteiger partial charge is 0.413 e. The summed E-state index contributed by atoms with van der Waals surface area (Å²) < 4.78 is 32.5. The monoisotopic (exact) mass is 374 g/mol. The Morgan fingerprint density at radius 1 is 1.15 bits per heavy atom. The van der Waals surface area contributed by atoms with Crippen LogP contribution in [0.2, 0.25) is 0 Å². The number of benzene rings is 2. The number of hydrogen-bond acceptors (Lipinski definition) is 5. The normalized spacial score (nSPS) is 11.3. The lowest BCUT2D eigenvalue weighted by Crippen LogP contribution is -2.13. The first-order chi connectivity index (χ1) is 12.3. The highest BCUT2D eigenvalue weighted by atomic mass is 32.2. The molecule has 2 aromatic carbocycles. The first-order valence-corrected chi connectivity index (χ1v) is 9.21. The Morgan fingerprint density at radius 3 is 2.65 bits per heavy atom. The summed E-state index contributed by atoms with van der Waals surface area (Å²) in [5.74, 6) is 0.170. The van der Waals surface area contributed by atoms with E-state index >= 15 is 0 Å². The van der Waals surface area contributed by atoms with E-state index < -0.39 is 16.1 Å². The molecule has 0 spiro atoms. The zero-order valence-electron chi connectivity index (χ0n) is 14.5. The van der Waals surface area contributed by atoms with E-state index in [2.05, 4.69) is 24.7 Å². The highest BCUT2D eigenvalue weighted by Gasteiger charge is 2.17. The molecule has 26 heavy (non-hydrogen) atoms. The van der Waals surface area contributed by atoms with Gasteiger partial charge in [0.25, 0.3) is 10.0 Å². The average Bonchev–Trinajstić information content (AvgIpc) is 2.99. The fraction of sp³-hybridized carbons (Fsp3) is 0.176. The minimum atomic E-state index is -3.77. The fourth-order valence-electron chi connectivity index (χ4n) is 2.41. The first kappa shape index (κ1) is 17.7. The van der Waals surface area contributed by atoms with Crippen molar-refractivity contribution < 1.29 is 17.9 Å². The van der Waals surface area contributed by atoms with Crippen LogP contribution < -0.4 is 10.0 Å². The van der Waals surface area contributed by atoms with Crippen LogP contribution >= 0.6 is 0 Å². The number of aromatic amines is 1. The summed E-state index contributed by atoms with van der Waals surface area (Å²) in [6.07, 6.45) is -0.673. The van der Waals surface area contributed by atoms with E-state index in [1.807, 2.05) is 26.0 Å². The predicted octanol–water partition coefficient (Wildman–Crippen LogP) is 3.16. The Hall–Kier alpha value is -3.07. The van der Waals surface area contributed by atoms with Gasteiger partial charge in [-0.3, -0.25) is 10.0 Å². The molecular formula is C17H18N4O4S. The van der Waals surface area contributed by atoms with E-state index in [4.69, 9.17) is 0 Å². The molecule has 1 aromatic heterocycles. The maximum absolute atomic E-state index is 12.7. The highest BCUT2D eigenvalue weighted by Crippen LogP contribution is 2.23. The van der Waals surface area contributed by atoms with Crippen LogP contribution in [-0.4, -0.2) is 31.6 Å². The zero-order chi connectivity index (χ0) is 18.9. The van der Waals surface area contributed by atoms with Gasteiger partial charge in [0.1, 0.15) is 0 Å². The number of aryl methyl sites for hydroxylation is 2. The van der Waals surface area contributed by atoms with Gasteiger partial charge in [-0.25, -0.2) is 18.2 Å². The molecule has 1 heterocycles. The van der Waals surface area contributed by atoms with Gasteiger partial charge in [0.2, 0.25) is 5.95 Å². The Balaban J connectivity index is 1.93. The molecule has 0 saturated heterocycles. The number of rotatable bonds is 4. The molecule has 136 valence electrons. The number of imidazole rings is 1. The lowest BCUT2D eigenvalue weighted by molar-refractivity contribution is 0.186. The van der Waals surface area contributed by atoms with Gasteiger partial charge in [0, 0.05) is 0 Å². The van der Waals surface area contributed by atoms with Crippen molar-refractivity contribution in [1.29, 1.82) is 0 Å². The predicted molar refractivity (Wildman–Crippen MR) is 98.8 cm³/mol. The standard InChI is InChI=1S/C17H18N4O4S/c1-10-4-5-11(2)14(8-10)21-26(23,24)12-6-7-13-15(9-12)19-16(18-13)20-17(22)25-3/h4-9,21H,1-3H3,(H2,18,19,20,22). The van der Waals surface area contributed by atoms with E-state index in [9.17, 15) is 13.2 Å². The Labute approximate surface area is 150 Å². The van der Waals surface area contributed by atoms with Crippen LogP contribution in [-0.2, 0) is 14.8 Å². The van der Waals surface area contributed by atoms with Crippen LogP contribution in [0.3, 0.4) is 0 Å². The Bertz CT molecular complexity index is 1090. The van der Waals surface area contributed by atoms with E-state index in [0.29, 0.717) is 16.7 Å². The van der Waals surface area contributed by atoms with E-state index in [1.54, 1.807) is 12.1 Å². The summed E-state index contributed by atoms with van der Waals surface area (Å²) in [7, 11) is -2.53. The number of hydrogen-bond donors (Lipinski definition) is 3.